The minimum atomic E-state index is -0.733. The lowest BCUT2D eigenvalue weighted by Crippen LogP contribution is -2.37. The number of hydrogen-bond acceptors (Lipinski definition) is 2. The van der Waals surface area contributed by atoms with Crippen LogP contribution in [0.3, 0.4) is 0 Å². The zero-order valence-corrected chi connectivity index (χ0v) is 7.48. The minimum absolute atomic E-state index is 0.698. The third-order valence-electron chi connectivity index (χ3n) is 2.51. The predicted octanol–water partition coefficient (Wildman–Crippen LogP) is 0.667. The van der Waals surface area contributed by atoms with Crippen LogP contribution in [0.15, 0.2) is 24.4 Å². The molecule has 1 aliphatic rings. The Morgan fingerprint density at radius 3 is 2.62 bits per heavy atom. The molecule has 0 saturated carbocycles. The minimum Gasteiger partial charge on any atom is -0.383 e. The zero-order valence-electron chi connectivity index (χ0n) is 7.48. The summed E-state index contributed by atoms with van der Waals surface area (Å²) < 4.78 is 0. The summed E-state index contributed by atoms with van der Waals surface area (Å²) in [4.78, 5) is 4.18. The quantitative estimate of drug-likeness (QED) is 0.685. The molecule has 0 unspecified atom stereocenters. The maximum Gasteiger partial charge on any atom is 0.109 e. The first-order chi connectivity index (χ1) is 6.31. The first-order valence-electron chi connectivity index (χ1n) is 4.58. The summed E-state index contributed by atoms with van der Waals surface area (Å²) in [5.74, 6) is 0. The van der Waals surface area contributed by atoms with Gasteiger partial charge < -0.3 is 5.11 Å². The van der Waals surface area contributed by atoms with Gasteiger partial charge in [-0.15, -0.1) is 0 Å². The van der Waals surface area contributed by atoms with Crippen LogP contribution < -0.4 is 5.32 Å². The van der Waals surface area contributed by atoms with Crippen molar-refractivity contribution in [3.05, 3.63) is 30.1 Å². The summed E-state index contributed by atoms with van der Waals surface area (Å²) in [7, 11) is 0. The van der Waals surface area contributed by atoms with Crippen molar-refractivity contribution in [1.29, 1.82) is 0 Å². The van der Waals surface area contributed by atoms with E-state index in [9.17, 15) is 5.11 Å². The van der Waals surface area contributed by atoms with Gasteiger partial charge in [0.2, 0.25) is 0 Å². The maximum absolute atomic E-state index is 10.2. The molecule has 69 valence electrons. The lowest BCUT2D eigenvalue weighted by molar-refractivity contribution is 0.00110. The van der Waals surface area contributed by atoms with Crippen LogP contribution in [-0.4, -0.2) is 23.2 Å². The average Bonchev–Trinajstić information content (AvgIpc) is 2.20. The molecule has 1 fully saturated rings. The third-order valence-corrected chi connectivity index (χ3v) is 2.51. The number of pyridine rings is 1. The molecule has 2 heterocycles. The number of piperidine rings is 1. The van der Waals surface area contributed by atoms with Gasteiger partial charge in [0.15, 0.2) is 0 Å². The SMILES string of the molecule is OC1(c2ccccn2)CC[N]CC1. The van der Waals surface area contributed by atoms with Crippen molar-refractivity contribution in [3.8, 4) is 0 Å². The van der Waals surface area contributed by atoms with Gasteiger partial charge in [-0.3, -0.25) is 4.98 Å². The first kappa shape index (κ1) is 8.66. The molecule has 0 aromatic carbocycles. The van der Waals surface area contributed by atoms with Crippen molar-refractivity contribution < 1.29 is 5.11 Å². The van der Waals surface area contributed by atoms with E-state index in [4.69, 9.17) is 0 Å². The van der Waals surface area contributed by atoms with Crippen molar-refractivity contribution in [2.75, 3.05) is 13.1 Å². The average molecular weight is 177 g/mol. The highest BCUT2D eigenvalue weighted by Gasteiger charge is 2.32. The fourth-order valence-corrected chi connectivity index (χ4v) is 1.66. The molecule has 1 N–H and O–H groups in total. The lowest BCUT2D eigenvalue weighted by atomic mass is 9.89. The van der Waals surface area contributed by atoms with Crippen LogP contribution in [0, 0.1) is 0 Å². The Hall–Kier alpha value is -0.930. The van der Waals surface area contributed by atoms with Crippen LogP contribution in [0.4, 0.5) is 0 Å². The molecule has 2 rings (SSSR count). The second kappa shape index (κ2) is 3.44. The molecule has 3 nitrogen and oxygen atoms in total. The second-order valence-corrected chi connectivity index (χ2v) is 3.42. The number of hydrogen-bond donors (Lipinski definition) is 1. The van der Waals surface area contributed by atoms with Gasteiger partial charge in [0, 0.05) is 19.3 Å². The maximum atomic E-state index is 10.2. The standard InChI is InChI=1S/C10H13N2O/c13-10(4-7-11-8-5-10)9-3-1-2-6-12-9/h1-3,6,13H,4-5,7-8H2. The molecular weight excluding hydrogens is 164 g/mol. The van der Waals surface area contributed by atoms with E-state index in [2.05, 4.69) is 10.3 Å². The van der Waals surface area contributed by atoms with E-state index in [1.54, 1.807) is 6.20 Å². The summed E-state index contributed by atoms with van der Waals surface area (Å²) in [6.07, 6.45) is 3.12. The molecule has 3 heteroatoms. The van der Waals surface area contributed by atoms with E-state index in [1.807, 2.05) is 18.2 Å². The summed E-state index contributed by atoms with van der Waals surface area (Å²) in [5, 5.41) is 14.4. The van der Waals surface area contributed by atoms with Gasteiger partial charge in [-0.25, -0.2) is 5.32 Å². The molecular formula is C10H13N2O. The Morgan fingerprint density at radius 2 is 2.00 bits per heavy atom. The van der Waals surface area contributed by atoms with Crippen molar-refractivity contribution in [1.82, 2.24) is 10.3 Å². The molecule has 0 aliphatic carbocycles. The van der Waals surface area contributed by atoms with Crippen molar-refractivity contribution in [2.24, 2.45) is 0 Å². The molecule has 1 aromatic rings. The summed E-state index contributed by atoms with van der Waals surface area (Å²) in [6.45, 7) is 1.49. The smallest absolute Gasteiger partial charge is 0.109 e. The Bertz CT molecular complexity index is 268. The number of aliphatic hydroxyl groups is 1. The van der Waals surface area contributed by atoms with Gasteiger partial charge in [-0.05, 0) is 25.0 Å². The van der Waals surface area contributed by atoms with Crippen LogP contribution in [-0.2, 0) is 5.60 Å². The second-order valence-electron chi connectivity index (χ2n) is 3.42. The van der Waals surface area contributed by atoms with Gasteiger partial charge in [-0.2, -0.15) is 0 Å². The van der Waals surface area contributed by atoms with E-state index < -0.39 is 5.60 Å². The molecule has 1 aliphatic heterocycles. The fourth-order valence-electron chi connectivity index (χ4n) is 1.66. The largest absolute Gasteiger partial charge is 0.383 e. The van der Waals surface area contributed by atoms with E-state index in [1.165, 1.54) is 0 Å². The van der Waals surface area contributed by atoms with Gasteiger partial charge >= 0.3 is 0 Å². The highest BCUT2D eigenvalue weighted by atomic mass is 16.3. The molecule has 1 aromatic heterocycles. The zero-order chi connectivity index (χ0) is 9.15. The van der Waals surface area contributed by atoms with E-state index in [-0.39, 0.29) is 0 Å². The Balaban J connectivity index is 2.23. The monoisotopic (exact) mass is 177 g/mol. The summed E-state index contributed by atoms with van der Waals surface area (Å²) >= 11 is 0. The third kappa shape index (κ3) is 1.71. The van der Waals surface area contributed by atoms with Crippen LogP contribution >= 0.6 is 0 Å². The molecule has 0 spiro atoms. The van der Waals surface area contributed by atoms with E-state index >= 15 is 0 Å². The molecule has 0 atom stereocenters. The molecule has 13 heavy (non-hydrogen) atoms. The van der Waals surface area contributed by atoms with Gasteiger partial charge in [0.05, 0.1) is 5.69 Å². The van der Waals surface area contributed by atoms with Gasteiger partial charge in [-0.1, -0.05) is 6.07 Å². The van der Waals surface area contributed by atoms with Crippen LogP contribution in [0.2, 0.25) is 0 Å². The molecule has 1 saturated heterocycles. The van der Waals surface area contributed by atoms with Crippen LogP contribution in [0.5, 0.6) is 0 Å². The highest BCUT2D eigenvalue weighted by molar-refractivity contribution is 5.13. The van der Waals surface area contributed by atoms with E-state index in [0.29, 0.717) is 12.8 Å². The first-order valence-corrected chi connectivity index (χ1v) is 4.58. The van der Waals surface area contributed by atoms with Gasteiger partial charge in [0.1, 0.15) is 5.60 Å². The summed E-state index contributed by atoms with van der Waals surface area (Å²) in [5.41, 5.74) is 0.0492. The summed E-state index contributed by atoms with van der Waals surface area (Å²) in [6, 6.07) is 5.65. The molecule has 0 amide bonds. The van der Waals surface area contributed by atoms with Crippen LogP contribution in [0.25, 0.3) is 0 Å². The fraction of sp³-hybridized carbons (Fsp3) is 0.500. The lowest BCUT2D eigenvalue weighted by Gasteiger charge is -2.31. The Morgan fingerprint density at radius 1 is 1.23 bits per heavy atom. The molecule has 0 bridgehead atoms. The highest BCUT2D eigenvalue weighted by Crippen LogP contribution is 2.28. The predicted molar refractivity (Wildman–Crippen MR) is 49.2 cm³/mol. The molecule has 1 radical (unpaired) electrons. The van der Waals surface area contributed by atoms with Crippen molar-refractivity contribution in [2.45, 2.75) is 18.4 Å². The van der Waals surface area contributed by atoms with Crippen molar-refractivity contribution in [3.63, 3.8) is 0 Å². The van der Waals surface area contributed by atoms with Crippen molar-refractivity contribution >= 4 is 0 Å². The number of nitrogens with zero attached hydrogens (tertiary/aromatic N) is 2. The normalized spacial score (nSPS) is 21.3. The Labute approximate surface area is 77.8 Å². The number of rotatable bonds is 1. The topological polar surface area (TPSA) is 47.2 Å². The van der Waals surface area contributed by atoms with Gasteiger partial charge in [0.25, 0.3) is 0 Å². The number of aromatic nitrogens is 1. The Kier molecular flexibility index (Phi) is 2.29. The van der Waals surface area contributed by atoms with Crippen LogP contribution in [0.1, 0.15) is 18.5 Å². The van der Waals surface area contributed by atoms with E-state index in [0.717, 1.165) is 18.8 Å².